The molecule has 158 valence electrons. The van der Waals surface area contributed by atoms with Gasteiger partial charge in [-0.2, -0.15) is 0 Å². The molecule has 1 amide bonds. The van der Waals surface area contributed by atoms with Crippen LogP contribution in [0.3, 0.4) is 0 Å². The van der Waals surface area contributed by atoms with Crippen LogP contribution in [0.25, 0.3) is 11.1 Å². The average Bonchev–Trinajstić information content (AvgIpc) is 3.04. The molecule has 0 spiro atoms. The van der Waals surface area contributed by atoms with Gasteiger partial charge in [-0.3, -0.25) is 9.59 Å². The molecule has 2 N–H and O–H groups in total. The Labute approximate surface area is 177 Å². The van der Waals surface area contributed by atoms with Gasteiger partial charge >= 0.3 is 11.9 Å². The summed E-state index contributed by atoms with van der Waals surface area (Å²) >= 11 is 1.20. The number of thiophene rings is 1. The van der Waals surface area contributed by atoms with Crippen LogP contribution in [0.2, 0.25) is 0 Å². The van der Waals surface area contributed by atoms with Gasteiger partial charge in [-0.1, -0.05) is 24.3 Å². The number of carbonyl (C=O) groups is 3. The van der Waals surface area contributed by atoms with Crippen molar-refractivity contribution in [2.75, 3.05) is 11.9 Å². The first-order valence-corrected chi connectivity index (χ1v) is 10.4. The molecule has 0 fully saturated rings. The molecule has 6 nitrogen and oxygen atoms in total. The van der Waals surface area contributed by atoms with Crippen molar-refractivity contribution in [2.24, 2.45) is 11.8 Å². The number of ether oxygens (including phenoxy) is 1. The zero-order valence-corrected chi connectivity index (χ0v) is 17.4. The summed E-state index contributed by atoms with van der Waals surface area (Å²) < 4.78 is 18.6. The second-order valence-corrected chi connectivity index (χ2v) is 8.17. The summed E-state index contributed by atoms with van der Waals surface area (Å²) in [6, 6.07) is 5.72. The number of amides is 1. The number of aliphatic carboxylic acids is 1. The number of nitrogens with one attached hydrogen (secondary N) is 1. The fourth-order valence-electron chi connectivity index (χ4n) is 3.58. The first kappa shape index (κ1) is 21.7. The lowest BCUT2D eigenvalue weighted by molar-refractivity contribution is -0.146. The minimum atomic E-state index is -1.03. The Balaban J connectivity index is 2.00. The minimum Gasteiger partial charge on any atom is -0.481 e. The molecule has 1 aliphatic rings. The normalized spacial score (nSPS) is 18.1. The van der Waals surface area contributed by atoms with Crippen molar-refractivity contribution >= 4 is 34.2 Å². The molecule has 2 aromatic rings. The summed E-state index contributed by atoms with van der Waals surface area (Å²) in [6.07, 6.45) is 4.14. The summed E-state index contributed by atoms with van der Waals surface area (Å²) in [5.41, 5.74) is 1.38. The van der Waals surface area contributed by atoms with Crippen molar-refractivity contribution in [1.82, 2.24) is 0 Å². The summed E-state index contributed by atoms with van der Waals surface area (Å²) in [7, 11) is 0. The highest BCUT2D eigenvalue weighted by Gasteiger charge is 2.35. The van der Waals surface area contributed by atoms with Crippen LogP contribution in [0, 0.1) is 24.6 Å². The first-order valence-electron chi connectivity index (χ1n) is 9.58. The number of hydrogen-bond acceptors (Lipinski definition) is 5. The molecule has 3 rings (SSSR count). The molecule has 8 heteroatoms. The molecule has 0 aliphatic heterocycles. The van der Waals surface area contributed by atoms with Crippen LogP contribution in [0.4, 0.5) is 9.39 Å². The maximum absolute atomic E-state index is 13.4. The maximum Gasteiger partial charge on any atom is 0.341 e. The van der Waals surface area contributed by atoms with Crippen LogP contribution in [-0.4, -0.2) is 29.6 Å². The van der Waals surface area contributed by atoms with Gasteiger partial charge in [0.15, 0.2) is 0 Å². The average molecular weight is 431 g/mol. The van der Waals surface area contributed by atoms with Crippen LogP contribution >= 0.6 is 11.3 Å². The maximum atomic E-state index is 13.4. The van der Waals surface area contributed by atoms with E-state index in [1.54, 1.807) is 38.1 Å². The predicted molar refractivity (Wildman–Crippen MR) is 112 cm³/mol. The molecule has 1 heterocycles. The van der Waals surface area contributed by atoms with Crippen molar-refractivity contribution in [2.45, 2.75) is 26.7 Å². The molecule has 0 saturated heterocycles. The number of carboxylic acids is 1. The molecule has 0 radical (unpaired) electrons. The molecule has 1 aromatic carbocycles. The van der Waals surface area contributed by atoms with E-state index in [-0.39, 0.29) is 18.6 Å². The van der Waals surface area contributed by atoms with E-state index in [4.69, 9.17) is 4.74 Å². The van der Waals surface area contributed by atoms with E-state index >= 15 is 0 Å². The molecule has 1 aromatic heterocycles. The highest BCUT2D eigenvalue weighted by molar-refractivity contribution is 7.17. The molecule has 1 aliphatic carbocycles. The predicted octanol–water partition coefficient (Wildman–Crippen LogP) is 4.64. The number of carbonyl (C=O) groups excluding carboxylic acids is 2. The Hall–Kier alpha value is -3.00. The van der Waals surface area contributed by atoms with E-state index in [1.165, 1.54) is 23.5 Å². The lowest BCUT2D eigenvalue weighted by atomic mass is 9.82. The summed E-state index contributed by atoms with van der Waals surface area (Å²) in [5, 5.41) is 12.5. The van der Waals surface area contributed by atoms with Crippen molar-refractivity contribution < 1.29 is 28.6 Å². The monoisotopic (exact) mass is 431 g/mol. The van der Waals surface area contributed by atoms with Gasteiger partial charge in [-0.25, -0.2) is 9.18 Å². The standard InChI is InChI=1S/C22H22FNO5S/c1-3-29-22(28)18-17(13-8-10-14(23)11-9-13)12(2)30-20(18)24-19(25)15-6-4-5-7-16(15)21(26)27/h4-5,8-11,15-16H,3,6-7H2,1-2H3,(H,24,25)(H,26,27)/t15-,16+/m0/s1. The van der Waals surface area contributed by atoms with Gasteiger partial charge in [0.2, 0.25) is 5.91 Å². The lowest BCUT2D eigenvalue weighted by Crippen LogP contribution is -2.34. The van der Waals surface area contributed by atoms with E-state index < -0.39 is 35.5 Å². The Bertz CT molecular complexity index is 996. The lowest BCUT2D eigenvalue weighted by Gasteiger charge is -2.24. The molecule has 0 saturated carbocycles. The number of rotatable bonds is 6. The summed E-state index contributed by atoms with van der Waals surface area (Å²) in [5.74, 6) is -4.04. The van der Waals surface area contributed by atoms with Crippen LogP contribution in [-0.2, 0) is 14.3 Å². The van der Waals surface area contributed by atoms with Gasteiger partial charge < -0.3 is 15.2 Å². The topological polar surface area (TPSA) is 92.7 Å². The Kier molecular flexibility index (Phi) is 6.66. The third-order valence-corrected chi connectivity index (χ3v) is 6.04. The third-order valence-electron chi connectivity index (χ3n) is 5.02. The number of allylic oxidation sites excluding steroid dienone is 2. The fourth-order valence-corrected chi connectivity index (χ4v) is 4.64. The Morgan fingerprint density at radius 2 is 1.80 bits per heavy atom. The molecule has 2 atom stereocenters. The number of esters is 1. The Morgan fingerprint density at radius 1 is 1.17 bits per heavy atom. The third kappa shape index (κ3) is 4.43. The van der Waals surface area contributed by atoms with E-state index in [0.29, 0.717) is 22.5 Å². The SMILES string of the molecule is CCOC(=O)c1c(NC(=O)[C@H]2CC=CC[C@H]2C(=O)O)sc(C)c1-c1ccc(F)cc1. The van der Waals surface area contributed by atoms with E-state index in [2.05, 4.69) is 5.32 Å². The zero-order chi connectivity index (χ0) is 21.8. The van der Waals surface area contributed by atoms with Crippen LogP contribution in [0.5, 0.6) is 0 Å². The Morgan fingerprint density at radius 3 is 2.40 bits per heavy atom. The second-order valence-electron chi connectivity index (χ2n) is 6.95. The number of carboxylic acid groups (broad SMARTS) is 1. The summed E-state index contributed by atoms with van der Waals surface area (Å²) in [4.78, 5) is 37.9. The van der Waals surface area contributed by atoms with Gasteiger partial charge in [0.05, 0.1) is 18.4 Å². The van der Waals surface area contributed by atoms with Crippen LogP contribution in [0.1, 0.15) is 35.0 Å². The van der Waals surface area contributed by atoms with Gasteiger partial charge in [0, 0.05) is 10.4 Å². The van der Waals surface area contributed by atoms with Crippen molar-refractivity contribution in [3.8, 4) is 11.1 Å². The van der Waals surface area contributed by atoms with Gasteiger partial charge in [0.1, 0.15) is 16.4 Å². The van der Waals surface area contributed by atoms with E-state index in [1.807, 2.05) is 0 Å². The van der Waals surface area contributed by atoms with Crippen LogP contribution in [0.15, 0.2) is 36.4 Å². The molecule has 0 bridgehead atoms. The minimum absolute atomic E-state index is 0.151. The van der Waals surface area contributed by atoms with Gasteiger partial charge in [-0.15, -0.1) is 11.3 Å². The number of anilines is 1. The molecule has 30 heavy (non-hydrogen) atoms. The summed E-state index contributed by atoms with van der Waals surface area (Å²) in [6.45, 7) is 3.63. The number of benzene rings is 1. The van der Waals surface area contributed by atoms with E-state index in [0.717, 1.165) is 4.88 Å². The van der Waals surface area contributed by atoms with Crippen molar-refractivity contribution in [3.63, 3.8) is 0 Å². The molecular formula is C22H22FNO5S. The number of halogens is 1. The van der Waals surface area contributed by atoms with Crippen molar-refractivity contribution in [3.05, 3.63) is 52.7 Å². The molecular weight excluding hydrogens is 409 g/mol. The van der Waals surface area contributed by atoms with Crippen LogP contribution < -0.4 is 5.32 Å². The smallest absolute Gasteiger partial charge is 0.341 e. The highest BCUT2D eigenvalue weighted by Crippen LogP contribution is 2.41. The first-order chi connectivity index (χ1) is 14.3. The quantitative estimate of drug-likeness (QED) is 0.513. The van der Waals surface area contributed by atoms with Gasteiger partial charge in [-0.05, 0) is 44.4 Å². The second kappa shape index (κ2) is 9.21. The number of hydrogen-bond donors (Lipinski definition) is 2. The van der Waals surface area contributed by atoms with E-state index in [9.17, 15) is 23.9 Å². The number of aryl methyl sites for hydroxylation is 1. The zero-order valence-electron chi connectivity index (χ0n) is 16.6. The van der Waals surface area contributed by atoms with Gasteiger partial charge in [0.25, 0.3) is 0 Å². The molecule has 0 unspecified atom stereocenters. The largest absolute Gasteiger partial charge is 0.481 e. The highest BCUT2D eigenvalue weighted by atomic mass is 32.1. The van der Waals surface area contributed by atoms with Crippen molar-refractivity contribution in [1.29, 1.82) is 0 Å². The fraction of sp³-hybridized carbons (Fsp3) is 0.318.